The first-order chi connectivity index (χ1) is 14.0. The van der Waals surface area contributed by atoms with E-state index >= 15 is 0 Å². The highest BCUT2D eigenvalue weighted by molar-refractivity contribution is 6.30. The number of carbonyl (C=O) groups excluding carboxylic acids is 1. The lowest BCUT2D eigenvalue weighted by Crippen LogP contribution is -2.42. The van der Waals surface area contributed by atoms with Gasteiger partial charge in [0.05, 0.1) is 23.4 Å². The second-order valence-electron chi connectivity index (χ2n) is 7.43. The third-order valence-corrected chi connectivity index (χ3v) is 5.78. The summed E-state index contributed by atoms with van der Waals surface area (Å²) < 4.78 is 10.9. The van der Waals surface area contributed by atoms with Gasteiger partial charge < -0.3 is 14.8 Å². The minimum Gasteiger partial charge on any atom is -0.475 e. The minimum atomic E-state index is -0.526. The smallest absolute Gasteiger partial charge is 0.235 e. The van der Waals surface area contributed by atoms with Crippen LogP contribution in [0.15, 0.2) is 36.4 Å². The SMILES string of the molecule is CCOCCOc1ccc(NC(=O)C2(c3ccc(Cl)cc3)CCCCC2)c(C)n1. The number of nitrogens with zero attached hydrogens (tertiary/aromatic N) is 1. The molecule has 1 aromatic heterocycles. The molecule has 6 heteroatoms. The van der Waals surface area contributed by atoms with Crippen molar-refractivity contribution < 1.29 is 14.3 Å². The molecule has 0 unspecified atom stereocenters. The first-order valence-corrected chi connectivity index (χ1v) is 10.7. The number of nitrogens with one attached hydrogen (secondary N) is 1. The molecule has 3 rings (SSSR count). The van der Waals surface area contributed by atoms with Crippen molar-refractivity contribution in [3.8, 4) is 5.88 Å². The largest absolute Gasteiger partial charge is 0.475 e. The standard InChI is InChI=1S/C23H29ClN2O3/c1-3-28-15-16-29-21-12-11-20(17(2)25-21)26-22(27)23(13-5-4-6-14-23)18-7-9-19(24)10-8-18/h7-12H,3-6,13-16H2,1-2H3,(H,26,27). The van der Waals surface area contributed by atoms with E-state index in [1.165, 1.54) is 0 Å². The molecule has 1 aliphatic rings. The van der Waals surface area contributed by atoms with Crippen molar-refractivity contribution in [2.24, 2.45) is 0 Å². The lowest BCUT2D eigenvalue weighted by atomic mass is 9.68. The van der Waals surface area contributed by atoms with Gasteiger partial charge in [-0.3, -0.25) is 4.79 Å². The molecule has 0 aliphatic heterocycles. The highest BCUT2D eigenvalue weighted by Crippen LogP contribution is 2.41. The Bertz CT molecular complexity index is 817. The van der Waals surface area contributed by atoms with Crippen LogP contribution in [0.5, 0.6) is 5.88 Å². The number of carbonyl (C=O) groups is 1. The van der Waals surface area contributed by atoms with Crippen LogP contribution in [-0.2, 0) is 14.9 Å². The second kappa shape index (κ2) is 10.1. The van der Waals surface area contributed by atoms with Gasteiger partial charge in [-0.1, -0.05) is 43.0 Å². The van der Waals surface area contributed by atoms with Crippen LogP contribution in [0.1, 0.15) is 50.3 Å². The summed E-state index contributed by atoms with van der Waals surface area (Å²) in [6.45, 7) is 5.46. The zero-order valence-electron chi connectivity index (χ0n) is 17.2. The lowest BCUT2D eigenvalue weighted by Gasteiger charge is -2.36. The van der Waals surface area contributed by atoms with E-state index in [-0.39, 0.29) is 5.91 Å². The molecular formula is C23H29ClN2O3. The predicted octanol–water partition coefficient (Wildman–Crippen LogP) is 5.30. The number of ether oxygens (including phenoxy) is 2. The Morgan fingerprint density at radius 2 is 1.83 bits per heavy atom. The van der Waals surface area contributed by atoms with Crippen LogP contribution in [-0.4, -0.2) is 30.7 Å². The molecule has 1 saturated carbocycles. The lowest BCUT2D eigenvalue weighted by molar-refractivity contribution is -0.122. The molecule has 1 aromatic carbocycles. The number of benzene rings is 1. The van der Waals surface area contributed by atoms with Crippen LogP contribution in [0.4, 0.5) is 5.69 Å². The molecule has 5 nitrogen and oxygen atoms in total. The quantitative estimate of drug-likeness (QED) is 0.593. The summed E-state index contributed by atoms with van der Waals surface area (Å²) in [5.74, 6) is 0.555. The zero-order valence-corrected chi connectivity index (χ0v) is 17.9. The van der Waals surface area contributed by atoms with E-state index in [0.717, 1.165) is 43.4 Å². The molecule has 1 amide bonds. The van der Waals surface area contributed by atoms with Gasteiger partial charge in [0.15, 0.2) is 0 Å². The van der Waals surface area contributed by atoms with Crippen molar-refractivity contribution in [1.82, 2.24) is 4.98 Å². The van der Waals surface area contributed by atoms with Gasteiger partial charge in [0, 0.05) is 17.7 Å². The summed E-state index contributed by atoms with van der Waals surface area (Å²) in [4.78, 5) is 17.9. The van der Waals surface area contributed by atoms with Gasteiger partial charge in [-0.25, -0.2) is 4.98 Å². The first-order valence-electron chi connectivity index (χ1n) is 10.3. The molecule has 2 aromatic rings. The van der Waals surface area contributed by atoms with Crippen molar-refractivity contribution in [1.29, 1.82) is 0 Å². The maximum atomic E-state index is 13.4. The molecule has 1 aliphatic carbocycles. The summed E-state index contributed by atoms with van der Waals surface area (Å²) in [6.07, 6.45) is 4.92. The van der Waals surface area contributed by atoms with E-state index in [0.29, 0.717) is 36.4 Å². The van der Waals surface area contributed by atoms with E-state index in [9.17, 15) is 4.79 Å². The summed E-state index contributed by atoms with van der Waals surface area (Å²) in [7, 11) is 0. The fourth-order valence-corrected chi connectivity index (χ4v) is 4.04. The molecule has 0 radical (unpaired) electrons. The molecule has 0 atom stereocenters. The number of hydrogen-bond donors (Lipinski definition) is 1. The highest BCUT2D eigenvalue weighted by atomic mass is 35.5. The number of anilines is 1. The number of aromatic nitrogens is 1. The minimum absolute atomic E-state index is 0.0226. The molecule has 0 spiro atoms. The average Bonchev–Trinajstić information content (AvgIpc) is 2.74. The van der Waals surface area contributed by atoms with Crippen molar-refractivity contribution in [3.05, 3.63) is 52.7 Å². The van der Waals surface area contributed by atoms with Gasteiger partial charge in [-0.2, -0.15) is 0 Å². The van der Waals surface area contributed by atoms with E-state index in [1.807, 2.05) is 44.2 Å². The van der Waals surface area contributed by atoms with Gasteiger partial charge in [0.25, 0.3) is 0 Å². The zero-order chi connectivity index (χ0) is 20.7. The van der Waals surface area contributed by atoms with Crippen LogP contribution in [0.25, 0.3) is 0 Å². The Labute approximate surface area is 177 Å². The molecular weight excluding hydrogens is 388 g/mol. The van der Waals surface area contributed by atoms with Gasteiger partial charge in [0.2, 0.25) is 11.8 Å². The van der Waals surface area contributed by atoms with Crippen molar-refractivity contribution in [3.63, 3.8) is 0 Å². The summed E-state index contributed by atoms with van der Waals surface area (Å²) in [5.41, 5.74) is 1.95. The van der Waals surface area contributed by atoms with E-state index in [2.05, 4.69) is 10.3 Å². The Balaban J connectivity index is 1.75. The fourth-order valence-electron chi connectivity index (χ4n) is 3.91. The molecule has 1 fully saturated rings. The van der Waals surface area contributed by atoms with Gasteiger partial charge >= 0.3 is 0 Å². The topological polar surface area (TPSA) is 60.5 Å². The molecule has 29 heavy (non-hydrogen) atoms. The number of hydrogen-bond acceptors (Lipinski definition) is 4. The first kappa shape index (κ1) is 21.6. The maximum absolute atomic E-state index is 13.4. The van der Waals surface area contributed by atoms with Crippen LogP contribution < -0.4 is 10.1 Å². The van der Waals surface area contributed by atoms with Gasteiger partial charge in [-0.15, -0.1) is 0 Å². The Kier molecular flexibility index (Phi) is 7.51. The Morgan fingerprint density at radius 1 is 1.10 bits per heavy atom. The highest BCUT2D eigenvalue weighted by Gasteiger charge is 2.41. The average molecular weight is 417 g/mol. The molecule has 156 valence electrons. The van der Waals surface area contributed by atoms with Crippen molar-refractivity contribution in [2.75, 3.05) is 25.1 Å². The molecule has 0 saturated heterocycles. The fraction of sp³-hybridized carbons (Fsp3) is 0.478. The van der Waals surface area contributed by atoms with Crippen molar-refractivity contribution >= 4 is 23.2 Å². The van der Waals surface area contributed by atoms with E-state index in [1.54, 1.807) is 6.07 Å². The number of rotatable bonds is 8. The van der Waals surface area contributed by atoms with Crippen LogP contribution >= 0.6 is 11.6 Å². The van der Waals surface area contributed by atoms with Crippen LogP contribution in [0.3, 0.4) is 0 Å². The Morgan fingerprint density at radius 3 is 2.48 bits per heavy atom. The van der Waals surface area contributed by atoms with Crippen LogP contribution in [0.2, 0.25) is 5.02 Å². The number of aryl methyl sites for hydroxylation is 1. The van der Waals surface area contributed by atoms with E-state index in [4.69, 9.17) is 21.1 Å². The predicted molar refractivity (Wildman–Crippen MR) is 116 cm³/mol. The second-order valence-corrected chi connectivity index (χ2v) is 7.87. The molecule has 1 heterocycles. The summed E-state index contributed by atoms with van der Waals surface area (Å²) in [5, 5.41) is 3.80. The normalized spacial score (nSPS) is 15.7. The number of halogens is 1. The Hall–Kier alpha value is -2.11. The third kappa shape index (κ3) is 5.28. The van der Waals surface area contributed by atoms with Crippen LogP contribution in [0, 0.1) is 6.92 Å². The third-order valence-electron chi connectivity index (χ3n) is 5.53. The number of pyridine rings is 1. The monoisotopic (exact) mass is 416 g/mol. The van der Waals surface area contributed by atoms with Crippen molar-refractivity contribution in [2.45, 2.75) is 51.4 Å². The van der Waals surface area contributed by atoms with Gasteiger partial charge in [-0.05, 0) is 50.5 Å². The maximum Gasteiger partial charge on any atom is 0.235 e. The van der Waals surface area contributed by atoms with Gasteiger partial charge in [0.1, 0.15) is 6.61 Å². The molecule has 0 bridgehead atoms. The number of amides is 1. The summed E-state index contributed by atoms with van der Waals surface area (Å²) in [6, 6.07) is 11.3. The molecule has 1 N–H and O–H groups in total. The van der Waals surface area contributed by atoms with E-state index < -0.39 is 5.41 Å². The summed E-state index contributed by atoms with van der Waals surface area (Å²) >= 11 is 6.07.